The second-order valence-electron chi connectivity index (χ2n) is 7.57. The summed E-state index contributed by atoms with van der Waals surface area (Å²) >= 11 is 1.17. The molecule has 0 aliphatic carbocycles. The van der Waals surface area contributed by atoms with Crippen LogP contribution in [0, 0.1) is 0 Å². The lowest BCUT2D eigenvalue weighted by Crippen LogP contribution is -2.28. The second-order valence-corrected chi connectivity index (χ2v) is 10.6. The van der Waals surface area contributed by atoms with E-state index in [-0.39, 0.29) is 10.6 Å². The predicted octanol–water partition coefficient (Wildman–Crippen LogP) is 4.98. The second kappa shape index (κ2) is 8.12. The molecule has 3 rings (SSSR count). The number of aromatic nitrogens is 1. The van der Waals surface area contributed by atoms with Crippen LogP contribution >= 0.6 is 11.3 Å². The average molecular weight is 473 g/mol. The highest BCUT2D eigenvalue weighted by atomic mass is 32.2. The van der Waals surface area contributed by atoms with Crippen LogP contribution in [0.2, 0.25) is 0 Å². The molecule has 11 heteroatoms. The third-order valence-electron chi connectivity index (χ3n) is 3.78. The van der Waals surface area contributed by atoms with Crippen LogP contribution in [0.5, 0.6) is 5.75 Å². The number of halogens is 3. The Bertz CT molecular complexity index is 1210. The van der Waals surface area contributed by atoms with Gasteiger partial charge in [0.05, 0.1) is 15.1 Å². The van der Waals surface area contributed by atoms with Gasteiger partial charge in [-0.15, -0.1) is 24.5 Å². The number of thiazole rings is 1. The molecular formula is C20H18F3NO5S2. The Labute approximate surface area is 180 Å². The molecular weight excluding hydrogens is 455 g/mol. The summed E-state index contributed by atoms with van der Waals surface area (Å²) < 4.78 is 71.5. The van der Waals surface area contributed by atoms with Crippen LogP contribution in [-0.2, 0) is 19.4 Å². The third kappa shape index (κ3) is 6.17. The van der Waals surface area contributed by atoms with Crippen LogP contribution in [0.25, 0.3) is 20.8 Å². The minimum absolute atomic E-state index is 0.0463. The lowest BCUT2D eigenvalue weighted by atomic mass is 10.2. The predicted molar refractivity (Wildman–Crippen MR) is 110 cm³/mol. The lowest BCUT2D eigenvalue weighted by molar-refractivity contribution is -0.274. The topological polar surface area (TPSA) is 82.6 Å². The van der Waals surface area contributed by atoms with Gasteiger partial charge in [0.1, 0.15) is 16.4 Å². The van der Waals surface area contributed by atoms with Gasteiger partial charge in [0.25, 0.3) is 0 Å². The van der Waals surface area contributed by atoms with Crippen molar-refractivity contribution in [1.82, 2.24) is 4.98 Å². The Morgan fingerprint density at radius 1 is 1.06 bits per heavy atom. The summed E-state index contributed by atoms with van der Waals surface area (Å²) in [5.74, 6) is -1.99. The van der Waals surface area contributed by atoms with E-state index < -0.39 is 33.5 Å². The largest absolute Gasteiger partial charge is 0.573 e. The fourth-order valence-electron chi connectivity index (χ4n) is 2.63. The molecule has 1 heterocycles. The summed E-state index contributed by atoms with van der Waals surface area (Å²) in [4.78, 5) is 16.3. The van der Waals surface area contributed by atoms with E-state index in [0.717, 1.165) is 0 Å². The molecule has 0 amide bonds. The van der Waals surface area contributed by atoms with Gasteiger partial charge in [-0.1, -0.05) is 0 Å². The molecule has 0 aliphatic heterocycles. The highest BCUT2D eigenvalue weighted by Gasteiger charge is 2.31. The average Bonchev–Trinajstić information content (AvgIpc) is 3.02. The molecule has 2 aromatic carbocycles. The Balaban J connectivity index is 1.84. The molecule has 1 aromatic heterocycles. The van der Waals surface area contributed by atoms with Crippen molar-refractivity contribution < 1.29 is 35.9 Å². The summed E-state index contributed by atoms with van der Waals surface area (Å²) in [5.41, 5.74) is 0.268. The van der Waals surface area contributed by atoms with Crippen LogP contribution in [0.15, 0.2) is 47.4 Å². The van der Waals surface area contributed by atoms with E-state index in [1.165, 1.54) is 53.8 Å². The summed E-state index contributed by atoms with van der Waals surface area (Å²) in [7, 11) is -3.92. The number of fused-ring (bicyclic) bond motifs is 1. The molecule has 0 radical (unpaired) electrons. The van der Waals surface area contributed by atoms with E-state index in [4.69, 9.17) is 4.74 Å². The fraction of sp³-hybridized carbons (Fsp3) is 0.300. The maximum atomic E-state index is 12.6. The van der Waals surface area contributed by atoms with Crippen molar-refractivity contribution in [2.75, 3.05) is 5.75 Å². The van der Waals surface area contributed by atoms with Crippen molar-refractivity contribution in [3.05, 3.63) is 42.5 Å². The molecule has 166 valence electrons. The van der Waals surface area contributed by atoms with Gasteiger partial charge < -0.3 is 9.47 Å². The molecule has 6 nitrogen and oxygen atoms in total. The molecule has 31 heavy (non-hydrogen) atoms. The maximum absolute atomic E-state index is 12.6. The van der Waals surface area contributed by atoms with Crippen LogP contribution in [0.1, 0.15) is 20.8 Å². The number of sulfone groups is 1. The molecule has 0 bridgehead atoms. The number of carbonyl (C=O) groups is 1. The van der Waals surface area contributed by atoms with Gasteiger partial charge in [-0.05, 0) is 63.2 Å². The smallest absolute Gasteiger partial charge is 0.459 e. The van der Waals surface area contributed by atoms with Crippen molar-refractivity contribution in [1.29, 1.82) is 0 Å². The lowest BCUT2D eigenvalue weighted by Gasteiger charge is -2.19. The Morgan fingerprint density at radius 3 is 2.29 bits per heavy atom. The zero-order valence-corrected chi connectivity index (χ0v) is 18.3. The number of benzene rings is 2. The fourth-order valence-corrected chi connectivity index (χ4v) is 4.82. The van der Waals surface area contributed by atoms with E-state index in [9.17, 15) is 26.4 Å². The van der Waals surface area contributed by atoms with Crippen molar-refractivity contribution in [3.63, 3.8) is 0 Å². The maximum Gasteiger partial charge on any atom is 0.573 e. The summed E-state index contributed by atoms with van der Waals surface area (Å²) in [6.45, 7) is 4.93. The minimum atomic E-state index is -4.78. The molecule has 0 fully saturated rings. The number of carbonyl (C=O) groups excluding carboxylic acids is 1. The summed E-state index contributed by atoms with van der Waals surface area (Å²) in [6, 6.07) is 9.48. The first-order valence-electron chi connectivity index (χ1n) is 8.93. The van der Waals surface area contributed by atoms with Gasteiger partial charge in [0, 0.05) is 5.56 Å². The first-order chi connectivity index (χ1) is 14.2. The molecule has 0 aliphatic rings. The standard InChI is InChI=1S/C20H18F3NO5S2/c1-19(2,3)29-17(25)11-31(26,27)14-8-9-15-16(10-14)30-18(24-15)12-4-6-13(7-5-12)28-20(21,22)23/h4-10H,11H2,1-3H3. The van der Waals surface area contributed by atoms with Gasteiger partial charge in [0.15, 0.2) is 15.6 Å². The molecule has 0 saturated carbocycles. The van der Waals surface area contributed by atoms with E-state index in [1.807, 2.05) is 0 Å². The van der Waals surface area contributed by atoms with Crippen molar-refractivity contribution in [3.8, 4) is 16.3 Å². The van der Waals surface area contributed by atoms with Gasteiger partial charge >= 0.3 is 12.3 Å². The molecule has 0 unspecified atom stereocenters. The first kappa shape index (κ1) is 23.0. The first-order valence-corrected chi connectivity index (χ1v) is 11.4. The number of ether oxygens (including phenoxy) is 2. The molecule has 0 spiro atoms. The van der Waals surface area contributed by atoms with E-state index in [0.29, 0.717) is 20.8 Å². The third-order valence-corrected chi connectivity index (χ3v) is 6.44. The number of nitrogens with zero attached hydrogens (tertiary/aromatic N) is 1. The van der Waals surface area contributed by atoms with Gasteiger partial charge in [0.2, 0.25) is 0 Å². The summed E-state index contributed by atoms with van der Waals surface area (Å²) in [6.07, 6.45) is -4.78. The van der Waals surface area contributed by atoms with Crippen molar-refractivity contribution in [2.24, 2.45) is 0 Å². The monoisotopic (exact) mass is 473 g/mol. The van der Waals surface area contributed by atoms with Crippen LogP contribution < -0.4 is 4.74 Å². The van der Waals surface area contributed by atoms with Crippen LogP contribution in [0.3, 0.4) is 0 Å². The normalized spacial score (nSPS) is 12.7. The number of hydrogen-bond donors (Lipinski definition) is 0. The van der Waals surface area contributed by atoms with Crippen molar-refractivity contribution >= 4 is 37.4 Å². The van der Waals surface area contributed by atoms with E-state index >= 15 is 0 Å². The Morgan fingerprint density at radius 2 is 1.71 bits per heavy atom. The van der Waals surface area contributed by atoms with Gasteiger partial charge in [-0.2, -0.15) is 0 Å². The van der Waals surface area contributed by atoms with Gasteiger partial charge in [-0.3, -0.25) is 4.79 Å². The zero-order valence-electron chi connectivity index (χ0n) is 16.7. The van der Waals surface area contributed by atoms with E-state index in [1.54, 1.807) is 20.8 Å². The summed E-state index contributed by atoms with van der Waals surface area (Å²) in [5, 5.41) is 0.496. The molecule has 0 atom stereocenters. The Kier molecular flexibility index (Phi) is 6.03. The zero-order chi connectivity index (χ0) is 23.0. The highest BCUT2D eigenvalue weighted by molar-refractivity contribution is 7.92. The SMILES string of the molecule is CC(C)(C)OC(=O)CS(=O)(=O)c1ccc2nc(-c3ccc(OC(F)(F)F)cc3)sc2c1. The number of esters is 1. The van der Waals surface area contributed by atoms with Crippen LogP contribution in [-0.4, -0.2) is 37.1 Å². The number of alkyl halides is 3. The Hall–Kier alpha value is -2.66. The number of hydrogen-bond acceptors (Lipinski definition) is 7. The van der Waals surface area contributed by atoms with Crippen LogP contribution in [0.4, 0.5) is 13.2 Å². The van der Waals surface area contributed by atoms with Gasteiger partial charge in [-0.25, -0.2) is 13.4 Å². The highest BCUT2D eigenvalue weighted by Crippen LogP contribution is 2.33. The molecule has 0 saturated heterocycles. The molecule has 0 N–H and O–H groups in total. The quantitative estimate of drug-likeness (QED) is 0.486. The molecule has 3 aromatic rings. The minimum Gasteiger partial charge on any atom is -0.459 e. The van der Waals surface area contributed by atoms with Crippen molar-refractivity contribution in [2.45, 2.75) is 37.6 Å². The van der Waals surface area contributed by atoms with E-state index in [2.05, 4.69) is 9.72 Å². The number of rotatable bonds is 5.